The molecule has 0 bridgehead atoms. The topological polar surface area (TPSA) is 57.5 Å². The summed E-state index contributed by atoms with van der Waals surface area (Å²) < 4.78 is 1.93. The van der Waals surface area contributed by atoms with Crippen LogP contribution >= 0.6 is 24.0 Å². The summed E-state index contributed by atoms with van der Waals surface area (Å²) in [5, 5.41) is 11.3. The molecule has 2 heterocycles. The standard InChI is InChI=1S/C20H38N6.HI/c1-6-21-20(23-15-19-17(3)24-25(5)18(19)4)22-12-8-10-14-26-13-9-7-11-16(26)2;/h16H,6-15H2,1-5H3,(H2,21,22,23);1H. The van der Waals surface area contributed by atoms with Crippen molar-refractivity contribution in [2.45, 2.75) is 72.4 Å². The highest BCUT2D eigenvalue weighted by atomic mass is 127. The molecule has 0 aliphatic carbocycles. The van der Waals surface area contributed by atoms with Gasteiger partial charge in [0.05, 0.1) is 12.2 Å². The maximum Gasteiger partial charge on any atom is 0.191 e. The zero-order chi connectivity index (χ0) is 18.9. The average molecular weight is 490 g/mol. The molecule has 0 saturated carbocycles. The maximum absolute atomic E-state index is 4.75. The highest BCUT2D eigenvalue weighted by Crippen LogP contribution is 2.16. The molecule has 0 aromatic carbocycles. The van der Waals surface area contributed by atoms with Crippen molar-refractivity contribution in [3.63, 3.8) is 0 Å². The second-order valence-electron chi connectivity index (χ2n) is 7.48. The van der Waals surface area contributed by atoms with Crippen molar-refractivity contribution >= 4 is 29.9 Å². The Bertz CT molecular complexity index is 583. The fraction of sp³-hybridized carbons (Fsp3) is 0.800. The van der Waals surface area contributed by atoms with Crippen LogP contribution in [-0.4, -0.2) is 52.9 Å². The Morgan fingerprint density at radius 1 is 1.22 bits per heavy atom. The van der Waals surface area contributed by atoms with Gasteiger partial charge in [0.2, 0.25) is 0 Å². The highest BCUT2D eigenvalue weighted by Gasteiger charge is 2.17. The quantitative estimate of drug-likeness (QED) is 0.254. The smallest absolute Gasteiger partial charge is 0.191 e. The number of unbranched alkanes of at least 4 members (excludes halogenated alkanes) is 1. The molecule has 27 heavy (non-hydrogen) atoms. The number of guanidine groups is 1. The Hall–Kier alpha value is -0.830. The van der Waals surface area contributed by atoms with Gasteiger partial charge in [0.1, 0.15) is 0 Å². The van der Waals surface area contributed by atoms with E-state index in [0.29, 0.717) is 6.54 Å². The maximum atomic E-state index is 4.75. The Kier molecular flexibility index (Phi) is 11.3. The summed E-state index contributed by atoms with van der Waals surface area (Å²) in [5.41, 5.74) is 3.49. The highest BCUT2D eigenvalue weighted by molar-refractivity contribution is 14.0. The van der Waals surface area contributed by atoms with E-state index in [0.717, 1.165) is 30.8 Å². The second-order valence-corrected chi connectivity index (χ2v) is 7.48. The van der Waals surface area contributed by atoms with Crippen molar-refractivity contribution in [3.05, 3.63) is 17.0 Å². The number of aryl methyl sites for hydroxylation is 2. The van der Waals surface area contributed by atoms with Crippen LogP contribution in [0.4, 0.5) is 0 Å². The lowest BCUT2D eigenvalue weighted by molar-refractivity contribution is 0.158. The number of nitrogens with zero attached hydrogens (tertiary/aromatic N) is 4. The molecule has 1 unspecified atom stereocenters. The molecule has 6 nitrogen and oxygen atoms in total. The van der Waals surface area contributed by atoms with E-state index in [2.05, 4.69) is 48.3 Å². The molecule has 156 valence electrons. The van der Waals surface area contributed by atoms with Gasteiger partial charge in [-0.3, -0.25) is 4.68 Å². The largest absolute Gasteiger partial charge is 0.357 e. The molecule has 1 atom stereocenters. The van der Waals surface area contributed by atoms with Gasteiger partial charge < -0.3 is 15.5 Å². The third-order valence-electron chi connectivity index (χ3n) is 5.50. The van der Waals surface area contributed by atoms with Gasteiger partial charge in [0.25, 0.3) is 0 Å². The molecule has 1 saturated heterocycles. The number of likely N-dealkylation sites (tertiary alicyclic amines) is 1. The van der Waals surface area contributed by atoms with Crippen molar-refractivity contribution in [2.75, 3.05) is 26.2 Å². The van der Waals surface area contributed by atoms with E-state index in [4.69, 9.17) is 4.99 Å². The number of rotatable bonds is 8. The molecule has 1 aromatic rings. The Balaban J connectivity index is 0.00000364. The average Bonchev–Trinajstić information content (AvgIpc) is 2.86. The first-order valence-electron chi connectivity index (χ1n) is 10.3. The van der Waals surface area contributed by atoms with Crippen LogP contribution in [-0.2, 0) is 13.6 Å². The first kappa shape index (κ1) is 24.2. The number of piperidine rings is 1. The van der Waals surface area contributed by atoms with Gasteiger partial charge in [-0.15, -0.1) is 24.0 Å². The van der Waals surface area contributed by atoms with Gasteiger partial charge in [-0.2, -0.15) is 5.10 Å². The van der Waals surface area contributed by atoms with Crippen LogP contribution in [0.25, 0.3) is 0 Å². The van der Waals surface area contributed by atoms with E-state index in [9.17, 15) is 0 Å². The zero-order valence-corrected chi connectivity index (χ0v) is 20.2. The van der Waals surface area contributed by atoms with Crippen LogP contribution in [0.5, 0.6) is 0 Å². The Morgan fingerprint density at radius 2 is 2.00 bits per heavy atom. The van der Waals surface area contributed by atoms with E-state index in [1.807, 2.05) is 11.7 Å². The predicted octanol–water partition coefficient (Wildman–Crippen LogP) is 3.36. The molecule has 1 aliphatic heterocycles. The van der Waals surface area contributed by atoms with Crippen LogP contribution in [0, 0.1) is 13.8 Å². The first-order valence-corrected chi connectivity index (χ1v) is 10.3. The van der Waals surface area contributed by atoms with Crippen LogP contribution in [0.2, 0.25) is 0 Å². The van der Waals surface area contributed by atoms with Gasteiger partial charge in [-0.25, -0.2) is 4.99 Å². The predicted molar refractivity (Wildman–Crippen MR) is 125 cm³/mol. The van der Waals surface area contributed by atoms with E-state index >= 15 is 0 Å². The number of halogens is 1. The molecule has 0 radical (unpaired) electrons. The summed E-state index contributed by atoms with van der Waals surface area (Å²) in [6.07, 6.45) is 6.56. The minimum Gasteiger partial charge on any atom is -0.357 e. The Labute approximate surface area is 182 Å². The molecule has 0 spiro atoms. The molecular formula is C20H39IN6. The van der Waals surface area contributed by atoms with Crippen molar-refractivity contribution in [1.82, 2.24) is 25.3 Å². The summed E-state index contributed by atoms with van der Waals surface area (Å²) in [4.78, 5) is 7.40. The SMILES string of the molecule is CCNC(=NCc1c(C)nn(C)c1C)NCCCCN1CCCCC1C.I. The van der Waals surface area contributed by atoms with Gasteiger partial charge in [0.15, 0.2) is 5.96 Å². The molecule has 1 aliphatic rings. The van der Waals surface area contributed by atoms with Crippen molar-refractivity contribution in [1.29, 1.82) is 0 Å². The molecular weight excluding hydrogens is 451 g/mol. The summed E-state index contributed by atoms with van der Waals surface area (Å²) in [6, 6.07) is 0.765. The van der Waals surface area contributed by atoms with Crippen LogP contribution < -0.4 is 10.6 Å². The molecule has 1 aromatic heterocycles. The number of nitrogens with one attached hydrogen (secondary N) is 2. The normalized spacial score (nSPS) is 18.3. The molecule has 7 heteroatoms. The molecule has 2 rings (SSSR count). The summed E-state index contributed by atoms with van der Waals surface area (Å²) in [5.74, 6) is 0.904. The van der Waals surface area contributed by atoms with E-state index in [-0.39, 0.29) is 24.0 Å². The number of hydrogen-bond acceptors (Lipinski definition) is 3. The van der Waals surface area contributed by atoms with Crippen molar-refractivity contribution in [2.24, 2.45) is 12.0 Å². The third kappa shape index (κ3) is 7.60. The Morgan fingerprint density at radius 3 is 2.63 bits per heavy atom. The van der Waals surface area contributed by atoms with E-state index in [1.165, 1.54) is 56.5 Å². The van der Waals surface area contributed by atoms with Gasteiger partial charge >= 0.3 is 0 Å². The monoisotopic (exact) mass is 490 g/mol. The van der Waals surface area contributed by atoms with Crippen LogP contribution in [0.15, 0.2) is 4.99 Å². The lowest BCUT2D eigenvalue weighted by atomic mass is 10.0. The molecule has 2 N–H and O–H groups in total. The van der Waals surface area contributed by atoms with Crippen LogP contribution in [0.1, 0.15) is 62.9 Å². The van der Waals surface area contributed by atoms with Gasteiger partial charge in [-0.05, 0) is 66.5 Å². The third-order valence-corrected chi connectivity index (χ3v) is 5.50. The van der Waals surface area contributed by atoms with E-state index < -0.39 is 0 Å². The second kappa shape index (κ2) is 12.6. The van der Waals surface area contributed by atoms with Crippen LogP contribution in [0.3, 0.4) is 0 Å². The molecule has 1 fully saturated rings. The number of aromatic nitrogens is 2. The van der Waals surface area contributed by atoms with E-state index in [1.54, 1.807) is 0 Å². The fourth-order valence-corrected chi connectivity index (χ4v) is 3.68. The van der Waals surface area contributed by atoms with Crippen molar-refractivity contribution < 1.29 is 0 Å². The minimum atomic E-state index is 0. The first-order chi connectivity index (χ1) is 12.5. The van der Waals surface area contributed by atoms with Gasteiger partial charge in [0, 0.05) is 37.4 Å². The number of hydrogen-bond donors (Lipinski definition) is 2. The summed E-state index contributed by atoms with van der Waals surface area (Å²) >= 11 is 0. The lowest BCUT2D eigenvalue weighted by Gasteiger charge is -2.33. The molecule has 0 amide bonds. The summed E-state index contributed by atoms with van der Waals surface area (Å²) in [6.45, 7) is 13.7. The zero-order valence-electron chi connectivity index (χ0n) is 17.8. The minimum absolute atomic E-state index is 0. The lowest BCUT2D eigenvalue weighted by Crippen LogP contribution is -2.39. The van der Waals surface area contributed by atoms with Crippen molar-refractivity contribution in [3.8, 4) is 0 Å². The summed E-state index contributed by atoms with van der Waals surface area (Å²) in [7, 11) is 1.99. The number of aliphatic imine (C=N–C) groups is 1. The van der Waals surface area contributed by atoms with Gasteiger partial charge in [-0.1, -0.05) is 6.42 Å². The fourth-order valence-electron chi connectivity index (χ4n) is 3.68.